The Morgan fingerprint density at radius 3 is 2.90 bits per heavy atom. The lowest BCUT2D eigenvalue weighted by Crippen LogP contribution is -2.10. The van der Waals surface area contributed by atoms with Gasteiger partial charge in [0.1, 0.15) is 5.75 Å². The molecule has 3 aromatic rings. The number of fused-ring (bicyclic) bond motifs is 1. The van der Waals surface area contributed by atoms with Gasteiger partial charge in [-0.15, -0.1) is 21.5 Å². The monoisotopic (exact) mass is 302 g/mol. The van der Waals surface area contributed by atoms with Crippen molar-refractivity contribution in [3.8, 4) is 17.0 Å². The number of aromatic nitrogens is 3. The van der Waals surface area contributed by atoms with Gasteiger partial charge in [0, 0.05) is 10.9 Å². The molecule has 0 amide bonds. The molecule has 6 heteroatoms. The molecule has 0 saturated carbocycles. The molecule has 1 aromatic carbocycles. The van der Waals surface area contributed by atoms with E-state index in [1.54, 1.807) is 11.3 Å². The van der Waals surface area contributed by atoms with Crippen LogP contribution in [0.3, 0.4) is 0 Å². The molecule has 110 valence electrons. The van der Waals surface area contributed by atoms with Crippen molar-refractivity contribution in [1.29, 1.82) is 0 Å². The second-order valence-electron chi connectivity index (χ2n) is 5.02. The van der Waals surface area contributed by atoms with E-state index < -0.39 is 0 Å². The van der Waals surface area contributed by atoms with Crippen LogP contribution in [0.5, 0.6) is 5.75 Å². The maximum absolute atomic E-state index is 6.01. The molecule has 2 N–H and O–H groups in total. The SMILES string of the molecule is CCOc1ccc(C)cc1-c1csc2nnc(C(C)N)n12. The van der Waals surface area contributed by atoms with E-state index in [-0.39, 0.29) is 6.04 Å². The van der Waals surface area contributed by atoms with Gasteiger partial charge in [0.2, 0.25) is 4.96 Å². The second-order valence-corrected chi connectivity index (χ2v) is 5.85. The van der Waals surface area contributed by atoms with Gasteiger partial charge in [0.25, 0.3) is 0 Å². The van der Waals surface area contributed by atoms with Crippen molar-refractivity contribution in [2.45, 2.75) is 26.8 Å². The van der Waals surface area contributed by atoms with Crippen molar-refractivity contribution in [3.05, 3.63) is 35.0 Å². The molecule has 2 heterocycles. The maximum atomic E-state index is 6.01. The van der Waals surface area contributed by atoms with E-state index in [1.807, 2.05) is 24.3 Å². The van der Waals surface area contributed by atoms with Crippen LogP contribution in [0.4, 0.5) is 0 Å². The van der Waals surface area contributed by atoms with Crippen molar-refractivity contribution in [2.24, 2.45) is 5.73 Å². The van der Waals surface area contributed by atoms with Crippen LogP contribution in [0, 0.1) is 6.92 Å². The van der Waals surface area contributed by atoms with E-state index in [9.17, 15) is 0 Å². The molecule has 5 nitrogen and oxygen atoms in total. The molecule has 0 spiro atoms. The molecule has 2 aromatic heterocycles. The van der Waals surface area contributed by atoms with Gasteiger partial charge in [-0.05, 0) is 32.9 Å². The van der Waals surface area contributed by atoms with Gasteiger partial charge in [0.05, 0.1) is 18.3 Å². The minimum atomic E-state index is -0.172. The van der Waals surface area contributed by atoms with E-state index in [0.29, 0.717) is 6.61 Å². The lowest BCUT2D eigenvalue weighted by atomic mass is 10.1. The van der Waals surface area contributed by atoms with Gasteiger partial charge in [-0.25, -0.2) is 0 Å². The number of thiazole rings is 1. The van der Waals surface area contributed by atoms with Crippen molar-refractivity contribution in [3.63, 3.8) is 0 Å². The second kappa shape index (κ2) is 5.46. The quantitative estimate of drug-likeness (QED) is 0.804. The molecule has 0 aliphatic heterocycles. The molecule has 0 saturated heterocycles. The van der Waals surface area contributed by atoms with E-state index >= 15 is 0 Å². The van der Waals surface area contributed by atoms with Gasteiger partial charge in [-0.2, -0.15) is 0 Å². The van der Waals surface area contributed by atoms with Crippen molar-refractivity contribution >= 4 is 16.3 Å². The van der Waals surface area contributed by atoms with Crippen molar-refractivity contribution < 1.29 is 4.74 Å². The average molecular weight is 302 g/mol. The first-order valence-corrected chi connectivity index (χ1v) is 7.81. The Labute approximate surface area is 127 Å². The third-order valence-electron chi connectivity index (χ3n) is 3.29. The molecule has 0 bridgehead atoms. The lowest BCUT2D eigenvalue weighted by Gasteiger charge is -2.12. The molecular formula is C15H18N4OS. The smallest absolute Gasteiger partial charge is 0.216 e. The van der Waals surface area contributed by atoms with Gasteiger partial charge in [0.15, 0.2) is 5.82 Å². The summed E-state index contributed by atoms with van der Waals surface area (Å²) >= 11 is 1.56. The summed E-state index contributed by atoms with van der Waals surface area (Å²) in [6, 6.07) is 6.01. The van der Waals surface area contributed by atoms with Crippen LogP contribution >= 0.6 is 11.3 Å². The summed E-state index contributed by atoms with van der Waals surface area (Å²) in [5, 5.41) is 10.5. The molecule has 0 aliphatic rings. The van der Waals surface area contributed by atoms with Crippen molar-refractivity contribution in [2.75, 3.05) is 6.61 Å². The Hall–Kier alpha value is -1.92. The highest BCUT2D eigenvalue weighted by Gasteiger charge is 2.18. The molecule has 0 radical (unpaired) electrons. The average Bonchev–Trinajstić information content (AvgIpc) is 3.02. The fourth-order valence-electron chi connectivity index (χ4n) is 2.35. The van der Waals surface area contributed by atoms with Crippen molar-refractivity contribution in [1.82, 2.24) is 14.6 Å². The molecule has 1 unspecified atom stereocenters. The van der Waals surface area contributed by atoms with Crippen LogP contribution < -0.4 is 10.5 Å². The van der Waals surface area contributed by atoms with Crippen LogP contribution in [0.2, 0.25) is 0 Å². The number of ether oxygens (including phenoxy) is 1. The molecule has 1 atom stereocenters. The lowest BCUT2D eigenvalue weighted by molar-refractivity contribution is 0.341. The largest absolute Gasteiger partial charge is 0.493 e. The van der Waals surface area contributed by atoms with E-state index in [4.69, 9.17) is 10.5 Å². The highest BCUT2D eigenvalue weighted by Crippen LogP contribution is 2.34. The number of hydrogen-bond donors (Lipinski definition) is 1. The number of nitrogens with two attached hydrogens (primary N) is 1. The number of rotatable bonds is 4. The van der Waals surface area contributed by atoms with Crippen LogP contribution in [-0.4, -0.2) is 21.2 Å². The topological polar surface area (TPSA) is 65.4 Å². The van der Waals surface area contributed by atoms with Gasteiger partial charge >= 0.3 is 0 Å². The summed E-state index contributed by atoms with van der Waals surface area (Å²) in [5.74, 6) is 1.64. The summed E-state index contributed by atoms with van der Waals surface area (Å²) in [4.78, 5) is 0.848. The third-order valence-corrected chi connectivity index (χ3v) is 4.11. The normalized spacial score (nSPS) is 12.8. The number of hydrogen-bond acceptors (Lipinski definition) is 5. The molecule has 3 rings (SSSR count). The Bertz CT molecular complexity index is 775. The zero-order valence-electron chi connectivity index (χ0n) is 12.3. The number of benzene rings is 1. The van der Waals surface area contributed by atoms with E-state index in [2.05, 4.69) is 34.6 Å². The Morgan fingerprint density at radius 1 is 1.38 bits per heavy atom. The highest BCUT2D eigenvalue weighted by atomic mass is 32.1. The molecule has 21 heavy (non-hydrogen) atoms. The number of aryl methyl sites for hydroxylation is 1. The first kappa shape index (κ1) is 14.0. The number of nitrogens with zero attached hydrogens (tertiary/aromatic N) is 3. The van der Waals surface area contributed by atoms with E-state index in [1.165, 1.54) is 5.56 Å². The van der Waals surface area contributed by atoms with Gasteiger partial charge in [-0.3, -0.25) is 4.40 Å². The Morgan fingerprint density at radius 2 is 2.19 bits per heavy atom. The fourth-order valence-corrected chi connectivity index (χ4v) is 3.18. The fraction of sp³-hybridized carbons (Fsp3) is 0.333. The summed E-state index contributed by atoms with van der Waals surface area (Å²) in [5.41, 5.74) is 9.26. The Balaban J connectivity index is 2.25. The maximum Gasteiger partial charge on any atom is 0.216 e. The Kier molecular flexibility index (Phi) is 3.65. The highest BCUT2D eigenvalue weighted by molar-refractivity contribution is 7.15. The van der Waals surface area contributed by atoms with Crippen LogP contribution in [-0.2, 0) is 0 Å². The van der Waals surface area contributed by atoms with Gasteiger partial charge in [-0.1, -0.05) is 11.6 Å². The molecular weight excluding hydrogens is 284 g/mol. The van der Waals surface area contributed by atoms with Crippen LogP contribution in [0.1, 0.15) is 31.3 Å². The minimum absolute atomic E-state index is 0.172. The first-order chi connectivity index (χ1) is 10.1. The summed E-state index contributed by atoms with van der Waals surface area (Å²) in [6.45, 7) is 6.60. The predicted molar refractivity (Wildman–Crippen MR) is 84.8 cm³/mol. The third kappa shape index (κ3) is 2.41. The van der Waals surface area contributed by atoms with Gasteiger partial charge < -0.3 is 10.5 Å². The summed E-state index contributed by atoms with van der Waals surface area (Å²) < 4.78 is 7.78. The van der Waals surface area contributed by atoms with Crippen LogP contribution in [0.15, 0.2) is 23.6 Å². The zero-order chi connectivity index (χ0) is 15.0. The van der Waals surface area contributed by atoms with Crippen LogP contribution in [0.25, 0.3) is 16.2 Å². The zero-order valence-corrected chi connectivity index (χ0v) is 13.1. The first-order valence-electron chi connectivity index (χ1n) is 6.93. The molecule has 0 fully saturated rings. The standard InChI is InChI=1S/C15H18N4OS/c1-4-20-13-6-5-9(2)7-11(13)12-8-21-15-18-17-14(10(3)16)19(12)15/h5-8,10H,4,16H2,1-3H3. The molecule has 0 aliphatic carbocycles. The predicted octanol–water partition coefficient (Wildman–Crippen LogP) is 3.18. The summed E-state index contributed by atoms with van der Waals surface area (Å²) in [7, 11) is 0. The van der Waals surface area contributed by atoms with E-state index in [0.717, 1.165) is 27.8 Å². The summed E-state index contributed by atoms with van der Waals surface area (Å²) in [6.07, 6.45) is 0. The minimum Gasteiger partial charge on any atom is -0.493 e.